The van der Waals surface area contributed by atoms with Crippen molar-refractivity contribution in [2.75, 3.05) is 6.61 Å². The Morgan fingerprint density at radius 1 is 1.67 bits per heavy atom. The van der Waals surface area contributed by atoms with Gasteiger partial charge in [-0.05, 0) is 12.5 Å². The van der Waals surface area contributed by atoms with Gasteiger partial charge in [0.2, 0.25) is 0 Å². The van der Waals surface area contributed by atoms with E-state index in [0.29, 0.717) is 6.61 Å². The zero-order valence-electron chi connectivity index (χ0n) is 5.48. The number of esters is 1. The van der Waals surface area contributed by atoms with Gasteiger partial charge in [-0.15, -0.1) is 0 Å². The van der Waals surface area contributed by atoms with E-state index in [4.69, 9.17) is 11.6 Å². The van der Waals surface area contributed by atoms with E-state index in [-0.39, 0.29) is 5.97 Å². The van der Waals surface area contributed by atoms with Gasteiger partial charge in [0, 0.05) is 12.5 Å². The Balaban J connectivity index is 3.39. The van der Waals surface area contributed by atoms with Gasteiger partial charge in [-0.2, -0.15) is 0 Å². The second-order valence-electron chi connectivity index (χ2n) is 1.74. The van der Waals surface area contributed by atoms with Crippen molar-refractivity contribution in [2.24, 2.45) is 0 Å². The number of halogens is 1. The minimum absolute atomic E-state index is 0.284. The van der Waals surface area contributed by atoms with E-state index >= 15 is 0 Å². The first-order chi connectivity index (χ1) is 4.16. The van der Waals surface area contributed by atoms with Crippen molar-refractivity contribution in [3.05, 3.63) is 11.1 Å². The standard InChI is InChI=1S/C6H9ClO2/c1-5(3-7)4-9-6(2)8/h3H,4H2,1-2H3/b5-3+. The fraction of sp³-hybridized carbons (Fsp3) is 0.500. The van der Waals surface area contributed by atoms with Crippen molar-refractivity contribution in [2.45, 2.75) is 13.8 Å². The van der Waals surface area contributed by atoms with E-state index in [2.05, 4.69) is 4.74 Å². The van der Waals surface area contributed by atoms with Crippen molar-refractivity contribution in [3.8, 4) is 0 Å². The minimum Gasteiger partial charge on any atom is -0.461 e. The topological polar surface area (TPSA) is 26.3 Å². The maximum Gasteiger partial charge on any atom is 0.302 e. The summed E-state index contributed by atoms with van der Waals surface area (Å²) in [7, 11) is 0. The van der Waals surface area contributed by atoms with E-state index in [1.807, 2.05) is 0 Å². The molecule has 0 aromatic carbocycles. The summed E-state index contributed by atoms with van der Waals surface area (Å²) in [4.78, 5) is 10.2. The van der Waals surface area contributed by atoms with Crippen LogP contribution in [-0.4, -0.2) is 12.6 Å². The number of rotatable bonds is 2. The first-order valence-electron chi connectivity index (χ1n) is 2.56. The summed E-state index contributed by atoms with van der Waals surface area (Å²) in [6.45, 7) is 3.44. The van der Waals surface area contributed by atoms with Crippen molar-refractivity contribution in [3.63, 3.8) is 0 Å². The Hall–Kier alpha value is -0.500. The van der Waals surface area contributed by atoms with Gasteiger partial charge < -0.3 is 4.74 Å². The van der Waals surface area contributed by atoms with E-state index in [1.54, 1.807) is 6.92 Å². The average molecular weight is 149 g/mol. The molecule has 3 heteroatoms. The lowest BCUT2D eigenvalue weighted by Gasteiger charge is -1.98. The number of hydrogen-bond donors (Lipinski definition) is 0. The summed E-state index contributed by atoms with van der Waals surface area (Å²) in [5, 5.41) is 0. The largest absolute Gasteiger partial charge is 0.461 e. The summed E-state index contributed by atoms with van der Waals surface area (Å²) >= 11 is 5.28. The van der Waals surface area contributed by atoms with Crippen LogP contribution in [0.3, 0.4) is 0 Å². The molecular formula is C6H9ClO2. The van der Waals surface area contributed by atoms with Crippen molar-refractivity contribution in [1.29, 1.82) is 0 Å². The predicted molar refractivity (Wildman–Crippen MR) is 36.2 cm³/mol. The van der Waals surface area contributed by atoms with Crippen LogP contribution in [0.5, 0.6) is 0 Å². The lowest BCUT2D eigenvalue weighted by Crippen LogP contribution is -2.00. The maximum atomic E-state index is 10.2. The highest BCUT2D eigenvalue weighted by Gasteiger charge is 1.91. The molecule has 0 bridgehead atoms. The van der Waals surface area contributed by atoms with E-state index in [1.165, 1.54) is 12.5 Å². The fourth-order valence-electron chi connectivity index (χ4n) is 0.247. The number of hydrogen-bond acceptors (Lipinski definition) is 2. The molecule has 0 aromatic heterocycles. The highest BCUT2D eigenvalue weighted by Crippen LogP contribution is 1.95. The van der Waals surface area contributed by atoms with Crippen LogP contribution in [0.4, 0.5) is 0 Å². The molecule has 0 saturated heterocycles. The number of carbonyl (C=O) groups excluding carboxylic acids is 1. The van der Waals surface area contributed by atoms with Crippen LogP contribution in [-0.2, 0) is 9.53 Å². The number of ether oxygens (including phenoxy) is 1. The van der Waals surface area contributed by atoms with Gasteiger partial charge in [0.25, 0.3) is 0 Å². The highest BCUT2D eigenvalue weighted by molar-refractivity contribution is 6.25. The van der Waals surface area contributed by atoms with Crippen LogP contribution in [0.15, 0.2) is 11.1 Å². The molecule has 0 aromatic rings. The van der Waals surface area contributed by atoms with Gasteiger partial charge in [0.15, 0.2) is 0 Å². The van der Waals surface area contributed by atoms with Crippen molar-refractivity contribution < 1.29 is 9.53 Å². The molecule has 0 rings (SSSR count). The Bertz CT molecular complexity index is 129. The van der Waals surface area contributed by atoms with Crippen LogP contribution < -0.4 is 0 Å². The second-order valence-corrected chi connectivity index (χ2v) is 1.95. The molecule has 0 unspecified atom stereocenters. The lowest BCUT2D eigenvalue weighted by atomic mass is 10.4. The highest BCUT2D eigenvalue weighted by atomic mass is 35.5. The molecule has 0 aliphatic heterocycles. The molecule has 0 spiro atoms. The molecule has 0 aliphatic carbocycles. The van der Waals surface area contributed by atoms with Crippen LogP contribution in [0.25, 0.3) is 0 Å². The van der Waals surface area contributed by atoms with Crippen molar-refractivity contribution >= 4 is 17.6 Å². The smallest absolute Gasteiger partial charge is 0.302 e. The third-order valence-corrected chi connectivity index (χ3v) is 1.06. The Morgan fingerprint density at radius 3 is 2.56 bits per heavy atom. The molecule has 52 valence electrons. The van der Waals surface area contributed by atoms with Gasteiger partial charge in [-0.1, -0.05) is 11.6 Å². The molecule has 9 heavy (non-hydrogen) atoms. The first kappa shape index (κ1) is 8.50. The third kappa shape index (κ3) is 5.37. The molecule has 0 atom stereocenters. The SMILES string of the molecule is CC(=O)OC/C(C)=C/Cl. The number of carbonyl (C=O) groups is 1. The predicted octanol–water partition coefficient (Wildman–Crippen LogP) is 1.69. The Labute approximate surface area is 59.5 Å². The zero-order chi connectivity index (χ0) is 7.28. The molecule has 0 aliphatic rings. The molecular weight excluding hydrogens is 140 g/mol. The summed E-state index contributed by atoms with van der Waals surface area (Å²) in [5.41, 5.74) is 2.23. The minimum atomic E-state index is -0.284. The lowest BCUT2D eigenvalue weighted by molar-refractivity contribution is -0.139. The van der Waals surface area contributed by atoms with Crippen LogP contribution in [0.1, 0.15) is 13.8 Å². The van der Waals surface area contributed by atoms with Gasteiger partial charge in [0.1, 0.15) is 6.61 Å². The van der Waals surface area contributed by atoms with E-state index < -0.39 is 0 Å². The van der Waals surface area contributed by atoms with Crippen molar-refractivity contribution in [1.82, 2.24) is 0 Å². The Morgan fingerprint density at radius 2 is 2.22 bits per heavy atom. The van der Waals surface area contributed by atoms with Gasteiger partial charge in [-0.3, -0.25) is 4.79 Å². The molecule has 2 nitrogen and oxygen atoms in total. The van der Waals surface area contributed by atoms with Gasteiger partial charge >= 0.3 is 5.97 Å². The van der Waals surface area contributed by atoms with Gasteiger partial charge in [0.05, 0.1) is 0 Å². The summed E-state index contributed by atoms with van der Waals surface area (Å²) in [6.07, 6.45) is 0. The summed E-state index contributed by atoms with van der Waals surface area (Å²) in [6, 6.07) is 0. The molecule has 0 amide bonds. The maximum absolute atomic E-state index is 10.2. The molecule has 0 radical (unpaired) electrons. The first-order valence-corrected chi connectivity index (χ1v) is 2.99. The fourth-order valence-corrected chi connectivity index (χ4v) is 0.310. The van der Waals surface area contributed by atoms with Crippen LogP contribution in [0.2, 0.25) is 0 Å². The van der Waals surface area contributed by atoms with Crippen LogP contribution in [0, 0.1) is 0 Å². The normalized spacial score (nSPS) is 11.2. The Kier molecular flexibility index (Phi) is 4.14. The molecule has 0 heterocycles. The van der Waals surface area contributed by atoms with Crippen LogP contribution >= 0.6 is 11.6 Å². The van der Waals surface area contributed by atoms with Gasteiger partial charge in [-0.25, -0.2) is 0 Å². The second kappa shape index (κ2) is 4.39. The molecule has 0 fully saturated rings. The van der Waals surface area contributed by atoms with E-state index in [9.17, 15) is 4.79 Å². The quantitative estimate of drug-likeness (QED) is 0.557. The van der Waals surface area contributed by atoms with E-state index in [0.717, 1.165) is 5.57 Å². The zero-order valence-corrected chi connectivity index (χ0v) is 6.23. The monoisotopic (exact) mass is 148 g/mol. The third-order valence-electron chi connectivity index (χ3n) is 0.689. The average Bonchev–Trinajstić information content (AvgIpc) is 1.83. The summed E-state index contributed by atoms with van der Waals surface area (Å²) < 4.78 is 4.60. The summed E-state index contributed by atoms with van der Waals surface area (Å²) in [5.74, 6) is -0.284. The molecule has 0 N–H and O–H groups in total. The molecule has 0 saturated carbocycles.